The smallest absolute Gasteiger partial charge is 0.283 e. The molecule has 0 spiro atoms. The summed E-state index contributed by atoms with van der Waals surface area (Å²) in [6.45, 7) is 0.339. The minimum Gasteiger partial charge on any atom is -1.00 e. The summed E-state index contributed by atoms with van der Waals surface area (Å²) in [6, 6.07) is 8.10. The minimum absolute atomic E-state index is 0. The average Bonchev–Trinajstić information content (AvgIpc) is 3.32. The fourth-order valence-electron chi connectivity index (χ4n) is 3.55. The Bertz CT molecular complexity index is 1140. The molecule has 35 heavy (non-hydrogen) atoms. The zero-order valence-corrected chi connectivity index (χ0v) is 20.6. The van der Waals surface area contributed by atoms with Gasteiger partial charge in [0.05, 0.1) is 52.8 Å². The second kappa shape index (κ2) is 12.0. The van der Waals surface area contributed by atoms with Crippen LogP contribution in [0.4, 0.5) is 5.69 Å². The fourth-order valence-corrected chi connectivity index (χ4v) is 3.55. The van der Waals surface area contributed by atoms with Crippen molar-refractivity contribution in [3.63, 3.8) is 0 Å². The number of methoxy groups -OCH3 is 4. The second-order valence-corrected chi connectivity index (χ2v) is 7.41. The number of hydrogen-bond donors (Lipinski definition) is 3. The van der Waals surface area contributed by atoms with Gasteiger partial charge in [0, 0.05) is 11.1 Å². The highest BCUT2D eigenvalue weighted by Crippen LogP contribution is 2.43. The van der Waals surface area contributed by atoms with Crippen LogP contribution in [0.1, 0.15) is 17.5 Å². The molecule has 6 N–H and O–H groups in total. The van der Waals surface area contributed by atoms with E-state index in [2.05, 4.69) is 21.3 Å². The summed E-state index contributed by atoms with van der Waals surface area (Å²) in [5.41, 5.74) is 12.3. The molecule has 0 aromatic heterocycles. The first-order chi connectivity index (χ1) is 16.3. The topological polar surface area (TPSA) is 161 Å². The van der Waals surface area contributed by atoms with Gasteiger partial charge < -0.3 is 48.1 Å². The van der Waals surface area contributed by atoms with Crippen molar-refractivity contribution in [2.24, 2.45) is 16.0 Å². The molecule has 0 saturated carbocycles. The van der Waals surface area contributed by atoms with E-state index >= 15 is 0 Å². The number of ether oxygens (including phenoxy) is 4. The monoisotopic (exact) mass is 505 g/mol. The number of nitrogens with zero attached hydrogens (tertiary/aromatic N) is 2. The van der Waals surface area contributed by atoms with Crippen molar-refractivity contribution in [1.29, 1.82) is 0 Å². The predicted molar refractivity (Wildman–Crippen MR) is 125 cm³/mol. The van der Waals surface area contributed by atoms with E-state index in [-0.39, 0.29) is 18.8 Å². The number of primary amides is 1. The van der Waals surface area contributed by atoms with Crippen LogP contribution in [0.15, 0.2) is 40.6 Å². The third-order valence-corrected chi connectivity index (χ3v) is 5.25. The molecule has 2 amide bonds. The van der Waals surface area contributed by atoms with Crippen molar-refractivity contribution in [3.05, 3.63) is 41.5 Å². The minimum atomic E-state index is -0.837. The zero-order chi connectivity index (χ0) is 24.8. The maximum Gasteiger partial charge on any atom is 0.283 e. The van der Waals surface area contributed by atoms with E-state index in [1.54, 1.807) is 38.5 Å². The van der Waals surface area contributed by atoms with Crippen LogP contribution >= 0.6 is 0 Å². The Labute approximate surface area is 208 Å². The maximum absolute atomic E-state index is 12.5. The number of quaternary nitrogens is 1. The number of halogens is 1. The highest BCUT2D eigenvalue weighted by atomic mass is 35.5. The summed E-state index contributed by atoms with van der Waals surface area (Å²) in [7, 11) is 6.11. The summed E-state index contributed by atoms with van der Waals surface area (Å²) < 4.78 is 21.7. The van der Waals surface area contributed by atoms with Crippen LogP contribution in [-0.2, 0) is 9.59 Å². The molecule has 2 aromatic carbocycles. The van der Waals surface area contributed by atoms with Crippen LogP contribution in [0.5, 0.6) is 23.0 Å². The van der Waals surface area contributed by atoms with Crippen molar-refractivity contribution in [2.75, 3.05) is 40.3 Å². The number of hydrogen-bond acceptors (Lipinski definition) is 8. The molecule has 0 bridgehead atoms. The molecule has 1 aliphatic rings. The van der Waals surface area contributed by atoms with Crippen LogP contribution < -0.4 is 48.1 Å². The number of nitrogens with one attached hydrogen (secondary N) is 1. The van der Waals surface area contributed by atoms with Gasteiger partial charge in [0.2, 0.25) is 11.7 Å². The maximum atomic E-state index is 12.5. The van der Waals surface area contributed by atoms with Gasteiger partial charge in [0.1, 0.15) is 5.75 Å². The first-order valence-corrected chi connectivity index (χ1v) is 10.3. The van der Waals surface area contributed by atoms with Crippen molar-refractivity contribution >= 4 is 28.8 Å². The number of azo groups is 1. The Kier molecular flexibility index (Phi) is 9.43. The van der Waals surface area contributed by atoms with E-state index in [9.17, 15) is 9.59 Å². The average molecular weight is 506 g/mol. The van der Waals surface area contributed by atoms with Crippen molar-refractivity contribution in [1.82, 2.24) is 0 Å². The fraction of sp³-hybridized carbons (Fsp3) is 0.304. The molecule has 188 valence electrons. The second-order valence-electron chi connectivity index (χ2n) is 7.41. The SMILES string of the molecule is COc1ccc(C2=C(c3cc(OC)c(OC)c(OC)c3)N=NC2)cc1NC(=O)C([NH3+])CC(N)=O.[Cl-]. The molecule has 1 atom stereocenters. The Morgan fingerprint density at radius 1 is 1.00 bits per heavy atom. The summed E-state index contributed by atoms with van der Waals surface area (Å²) in [4.78, 5) is 23.7. The molecular weight excluding hydrogens is 478 g/mol. The van der Waals surface area contributed by atoms with Gasteiger partial charge in [-0.15, -0.1) is 0 Å². The summed E-state index contributed by atoms with van der Waals surface area (Å²) in [6.07, 6.45) is -0.165. The van der Waals surface area contributed by atoms with Gasteiger partial charge in [-0.05, 0) is 29.8 Å². The van der Waals surface area contributed by atoms with E-state index < -0.39 is 17.9 Å². The van der Waals surface area contributed by atoms with Crippen LogP contribution in [0.25, 0.3) is 11.3 Å². The highest BCUT2D eigenvalue weighted by Gasteiger charge is 2.24. The molecule has 0 radical (unpaired) electrons. The first-order valence-electron chi connectivity index (χ1n) is 10.3. The third-order valence-electron chi connectivity index (χ3n) is 5.25. The van der Waals surface area contributed by atoms with E-state index in [1.165, 1.54) is 14.2 Å². The molecule has 11 nitrogen and oxygen atoms in total. The van der Waals surface area contributed by atoms with Crippen LogP contribution in [0.3, 0.4) is 0 Å². The highest BCUT2D eigenvalue weighted by molar-refractivity contribution is 5.99. The van der Waals surface area contributed by atoms with Crippen LogP contribution in [0.2, 0.25) is 0 Å². The van der Waals surface area contributed by atoms with Crippen molar-refractivity contribution < 1.29 is 46.7 Å². The van der Waals surface area contributed by atoms with E-state index in [4.69, 9.17) is 24.7 Å². The van der Waals surface area contributed by atoms with Crippen molar-refractivity contribution in [3.8, 4) is 23.0 Å². The van der Waals surface area contributed by atoms with Gasteiger partial charge in [0.15, 0.2) is 17.5 Å². The number of carbonyl (C=O) groups is 2. The molecule has 1 aliphatic heterocycles. The molecule has 12 heteroatoms. The number of anilines is 1. The van der Waals surface area contributed by atoms with Gasteiger partial charge >= 0.3 is 0 Å². The summed E-state index contributed by atoms with van der Waals surface area (Å²) >= 11 is 0. The largest absolute Gasteiger partial charge is 1.00 e. The number of amides is 2. The zero-order valence-electron chi connectivity index (χ0n) is 19.9. The Morgan fingerprint density at radius 3 is 2.17 bits per heavy atom. The van der Waals surface area contributed by atoms with Gasteiger partial charge in [-0.2, -0.15) is 10.2 Å². The normalized spacial score (nSPS) is 13.1. The quantitative estimate of drug-likeness (QED) is 0.355. The lowest BCUT2D eigenvalue weighted by Crippen LogP contribution is -3.00. The molecule has 0 saturated heterocycles. The molecular formula is C23H28ClN5O6. The van der Waals surface area contributed by atoms with E-state index in [1.807, 2.05) is 6.07 Å². The molecule has 1 heterocycles. The van der Waals surface area contributed by atoms with Crippen LogP contribution in [0, 0.1) is 0 Å². The number of nitrogens with two attached hydrogens (primary N) is 1. The molecule has 3 rings (SSSR count). The van der Waals surface area contributed by atoms with E-state index in [0.717, 1.165) is 16.7 Å². The Balaban J connectivity index is 0.00000432. The van der Waals surface area contributed by atoms with Gasteiger partial charge in [0.25, 0.3) is 5.91 Å². The predicted octanol–water partition coefficient (Wildman–Crippen LogP) is -1.52. The first kappa shape index (κ1) is 27.4. The van der Waals surface area contributed by atoms with Gasteiger partial charge in [-0.3, -0.25) is 9.59 Å². The van der Waals surface area contributed by atoms with Crippen LogP contribution in [-0.4, -0.2) is 52.8 Å². The Hall–Kier alpha value is -3.83. The molecule has 0 fully saturated rings. The Morgan fingerprint density at radius 2 is 1.63 bits per heavy atom. The van der Waals surface area contributed by atoms with E-state index in [0.29, 0.717) is 40.9 Å². The number of benzene rings is 2. The third kappa shape index (κ3) is 6.00. The lowest BCUT2D eigenvalue weighted by Gasteiger charge is -2.16. The van der Waals surface area contributed by atoms with Crippen molar-refractivity contribution in [2.45, 2.75) is 12.5 Å². The number of carbonyl (C=O) groups excluding carboxylic acids is 2. The van der Waals surface area contributed by atoms with Gasteiger partial charge in [-0.1, -0.05) is 6.07 Å². The standard InChI is InChI=1S/C23H27N5O6.ClH/c1-31-17-6-5-12(7-16(17)27-23(30)15(24)10-20(25)29)14-11-26-28-21(14)13-8-18(32-2)22(34-4)19(9-13)33-3;/h5-9,15H,10-11,24H2,1-4H3,(H2,25,29)(H,27,30);1H. The molecule has 1 unspecified atom stereocenters. The summed E-state index contributed by atoms with van der Waals surface area (Å²) in [5.74, 6) is 0.845. The lowest BCUT2D eigenvalue weighted by molar-refractivity contribution is -0.401. The molecule has 0 aliphatic carbocycles. The lowest BCUT2D eigenvalue weighted by atomic mass is 9.99. The van der Waals surface area contributed by atoms with Gasteiger partial charge in [-0.25, -0.2) is 0 Å². The molecule has 2 aromatic rings. The summed E-state index contributed by atoms with van der Waals surface area (Å²) in [5, 5.41) is 11.3. The number of rotatable bonds is 10.